The summed E-state index contributed by atoms with van der Waals surface area (Å²) in [6.45, 7) is 4.05. The average molecular weight is 172 g/mol. The fraction of sp³-hybridized carbons (Fsp3) is 0.778. The van der Waals surface area contributed by atoms with Crippen LogP contribution < -0.4 is 0 Å². The minimum atomic E-state index is 0.0496. The van der Waals surface area contributed by atoms with E-state index in [-0.39, 0.29) is 6.61 Å². The van der Waals surface area contributed by atoms with Gasteiger partial charge in [0.05, 0.1) is 13.2 Å². The Morgan fingerprint density at radius 2 is 1.67 bits per heavy atom. The van der Waals surface area contributed by atoms with E-state index in [2.05, 4.69) is 18.8 Å². The quantitative estimate of drug-likeness (QED) is 0.466. The Morgan fingerprint density at radius 3 is 2.17 bits per heavy atom. The molecule has 70 valence electrons. The molecular weight excluding hydrogens is 156 g/mol. The lowest BCUT2D eigenvalue weighted by molar-refractivity contribution is 0.115. The van der Waals surface area contributed by atoms with Gasteiger partial charge in [-0.25, -0.2) is 0 Å². The number of hydrogen-bond donors (Lipinski definition) is 1. The van der Waals surface area contributed by atoms with Crippen LogP contribution in [0.2, 0.25) is 0 Å². The summed E-state index contributed by atoms with van der Waals surface area (Å²) in [6, 6.07) is 0. The highest BCUT2D eigenvalue weighted by molar-refractivity contribution is 4.99. The molecule has 0 bridgehead atoms. The zero-order chi connectivity index (χ0) is 9.07. The van der Waals surface area contributed by atoms with E-state index < -0.39 is 0 Å². The van der Waals surface area contributed by atoms with Gasteiger partial charge in [0.25, 0.3) is 0 Å². The number of aliphatic hydroxyl groups excluding tert-OH is 1. The third-order valence-corrected chi connectivity index (χ3v) is 1.06. The molecule has 12 heavy (non-hydrogen) atoms. The molecule has 0 rings (SSSR count). The van der Waals surface area contributed by atoms with E-state index in [1.54, 1.807) is 0 Å². The minimum absolute atomic E-state index is 0.0496. The maximum atomic E-state index is 8.34. The van der Waals surface area contributed by atoms with E-state index in [4.69, 9.17) is 14.6 Å². The molecule has 0 aromatic rings. The Balaban J connectivity index is 3.01. The van der Waals surface area contributed by atoms with Crippen molar-refractivity contribution in [2.75, 3.05) is 33.0 Å². The predicted molar refractivity (Wildman–Crippen MR) is 46.8 cm³/mol. The highest BCUT2D eigenvalue weighted by atomic mass is 16.5. The molecule has 1 N–H and O–H groups in total. The van der Waals surface area contributed by atoms with Gasteiger partial charge in [0.1, 0.15) is 13.2 Å². The van der Waals surface area contributed by atoms with Crippen LogP contribution in [0.5, 0.6) is 0 Å². The molecule has 0 atom stereocenters. The molecule has 0 aliphatic carbocycles. The van der Waals surface area contributed by atoms with Crippen LogP contribution in [0.1, 0.15) is 13.3 Å². The largest absolute Gasteiger partial charge is 0.394 e. The van der Waals surface area contributed by atoms with Gasteiger partial charge in [0.15, 0.2) is 0 Å². The number of hydrogen-bond acceptors (Lipinski definition) is 3. The molecule has 3 heteroatoms. The first-order valence-electron chi connectivity index (χ1n) is 4.14. The van der Waals surface area contributed by atoms with Gasteiger partial charge < -0.3 is 14.6 Å². The Hall–Kier alpha value is -0.560. The van der Waals surface area contributed by atoms with Crippen LogP contribution in [0.25, 0.3) is 0 Å². The normalized spacial score (nSPS) is 9.17. The number of rotatable bonds is 6. The van der Waals surface area contributed by atoms with Crippen LogP contribution in [0, 0.1) is 11.8 Å². The first-order chi connectivity index (χ1) is 5.91. The van der Waals surface area contributed by atoms with E-state index in [0.29, 0.717) is 19.8 Å². The van der Waals surface area contributed by atoms with Gasteiger partial charge in [0.2, 0.25) is 0 Å². The van der Waals surface area contributed by atoms with Crippen molar-refractivity contribution in [3.8, 4) is 11.8 Å². The third-order valence-electron chi connectivity index (χ3n) is 1.06. The van der Waals surface area contributed by atoms with Gasteiger partial charge in [-0.15, -0.1) is 0 Å². The van der Waals surface area contributed by atoms with E-state index in [9.17, 15) is 0 Å². The van der Waals surface area contributed by atoms with E-state index in [1.165, 1.54) is 0 Å². The van der Waals surface area contributed by atoms with Crippen molar-refractivity contribution >= 4 is 0 Å². The van der Waals surface area contributed by atoms with Crippen molar-refractivity contribution in [3.63, 3.8) is 0 Å². The second-order valence-electron chi connectivity index (χ2n) is 2.18. The van der Waals surface area contributed by atoms with Gasteiger partial charge in [0, 0.05) is 6.61 Å². The highest BCUT2D eigenvalue weighted by Gasteiger charge is 1.80. The van der Waals surface area contributed by atoms with Crippen molar-refractivity contribution in [2.24, 2.45) is 0 Å². The smallest absolute Gasteiger partial charge is 0.107 e. The SMILES string of the molecule is CCCOCC#CCOCCO. The van der Waals surface area contributed by atoms with E-state index >= 15 is 0 Å². The number of aliphatic hydroxyl groups is 1. The van der Waals surface area contributed by atoms with Gasteiger partial charge >= 0.3 is 0 Å². The molecule has 0 fully saturated rings. The summed E-state index contributed by atoms with van der Waals surface area (Å²) in [5.74, 6) is 5.57. The monoisotopic (exact) mass is 172 g/mol. The van der Waals surface area contributed by atoms with Gasteiger partial charge in [-0.2, -0.15) is 0 Å². The lowest BCUT2D eigenvalue weighted by atomic mass is 10.5. The van der Waals surface area contributed by atoms with Crippen molar-refractivity contribution < 1.29 is 14.6 Å². The molecule has 0 aliphatic heterocycles. The van der Waals surface area contributed by atoms with E-state index in [0.717, 1.165) is 13.0 Å². The van der Waals surface area contributed by atoms with Crippen LogP contribution in [-0.4, -0.2) is 38.1 Å². The maximum absolute atomic E-state index is 8.34. The summed E-state index contributed by atoms with van der Waals surface area (Å²) in [7, 11) is 0. The Bertz CT molecular complexity index is 120. The summed E-state index contributed by atoms with van der Waals surface area (Å²) in [5, 5.41) is 8.34. The second-order valence-corrected chi connectivity index (χ2v) is 2.18. The topological polar surface area (TPSA) is 38.7 Å². The molecule has 0 aromatic carbocycles. The molecule has 0 radical (unpaired) electrons. The van der Waals surface area contributed by atoms with Crippen LogP contribution in [0.4, 0.5) is 0 Å². The first-order valence-corrected chi connectivity index (χ1v) is 4.14. The summed E-state index contributed by atoms with van der Waals surface area (Å²) < 4.78 is 10.0. The molecule has 0 heterocycles. The fourth-order valence-corrected chi connectivity index (χ4v) is 0.557. The second kappa shape index (κ2) is 10.4. The van der Waals surface area contributed by atoms with Gasteiger partial charge in [-0.3, -0.25) is 0 Å². The predicted octanol–water partition coefficient (Wildman–Crippen LogP) is 0.425. The molecule has 0 amide bonds. The molecule has 0 unspecified atom stereocenters. The number of ether oxygens (including phenoxy) is 2. The maximum Gasteiger partial charge on any atom is 0.107 e. The fourth-order valence-electron chi connectivity index (χ4n) is 0.557. The molecule has 0 spiro atoms. The van der Waals surface area contributed by atoms with E-state index in [1.807, 2.05) is 0 Å². The summed E-state index contributed by atoms with van der Waals surface area (Å²) in [5.41, 5.74) is 0. The summed E-state index contributed by atoms with van der Waals surface area (Å²) in [4.78, 5) is 0. The minimum Gasteiger partial charge on any atom is -0.394 e. The summed E-state index contributed by atoms with van der Waals surface area (Å²) >= 11 is 0. The average Bonchev–Trinajstić information content (AvgIpc) is 2.10. The van der Waals surface area contributed by atoms with Gasteiger partial charge in [-0.05, 0) is 6.42 Å². The standard InChI is InChI=1S/C9H16O3/c1-2-6-11-7-3-4-8-12-9-5-10/h10H,2,5-9H2,1H3. The third kappa shape index (κ3) is 9.44. The Labute approximate surface area is 73.7 Å². The summed E-state index contributed by atoms with van der Waals surface area (Å²) in [6.07, 6.45) is 1.02. The van der Waals surface area contributed by atoms with Crippen molar-refractivity contribution in [3.05, 3.63) is 0 Å². The van der Waals surface area contributed by atoms with Crippen LogP contribution >= 0.6 is 0 Å². The van der Waals surface area contributed by atoms with Crippen LogP contribution in [0.15, 0.2) is 0 Å². The van der Waals surface area contributed by atoms with Crippen molar-refractivity contribution in [2.45, 2.75) is 13.3 Å². The molecule has 0 saturated carbocycles. The lowest BCUT2D eigenvalue weighted by Crippen LogP contribution is -1.99. The molecule has 0 aromatic heterocycles. The van der Waals surface area contributed by atoms with Crippen molar-refractivity contribution in [1.82, 2.24) is 0 Å². The first kappa shape index (κ1) is 11.4. The van der Waals surface area contributed by atoms with Crippen molar-refractivity contribution in [1.29, 1.82) is 0 Å². The Morgan fingerprint density at radius 1 is 1.08 bits per heavy atom. The molecule has 3 nitrogen and oxygen atoms in total. The molecule has 0 saturated heterocycles. The zero-order valence-electron chi connectivity index (χ0n) is 7.51. The Kier molecular flexibility index (Phi) is 9.95. The van der Waals surface area contributed by atoms with Crippen LogP contribution in [-0.2, 0) is 9.47 Å². The molecule has 0 aliphatic rings. The highest BCUT2D eigenvalue weighted by Crippen LogP contribution is 1.77. The van der Waals surface area contributed by atoms with Crippen LogP contribution in [0.3, 0.4) is 0 Å². The lowest BCUT2D eigenvalue weighted by Gasteiger charge is -1.94. The molecular formula is C9H16O3. The van der Waals surface area contributed by atoms with Gasteiger partial charge in [-0.1, -0.05) is 18.8 Å². The zero-order valence-corrected chi connectivity index (χ0v) is 7.51.